The fourth-order valence-electron chi connectivity index (χ4n) is 2.66. The van der Waals surface area contributed by atoms with Crippen LogP contribution in [0.15, 0.2) is 29.3 Å². The van der Waals surface area contributed by atoms with Gasteiger partial charge < -0.3 is 5.32 Å². The van der Waals surface area contributed by atoms with E-state index in [4.69, 9.17) is 28.5 Å². The molecule has 10 heteroatoms. The van der Waals surface area contributed by atoms with E-state index in [2.05, 4.69) is 32.9 Å². The van der Waals surface area contributed by atoms with Crippen LogP contribution in [0.1, 0.15) is 16.8 Å². The van der Waals surface area contributed by atoms with Gasteiger partial charge in [-0.2, -0.15) is 23.5 Å². The lowest BCUT2D eigenvalue weighted by molar-refractivity contribution is -0.137. The Morgan fingerprint density at radius 2 is 2.16 bits per heavy atom. The number of benzene rings is 1. The highest BCUT2D eigenvalue weighted by Crippen LogP contribution is 2.47. The molecule has 1 aromatic carbocycles. The SMILES string of the molecule is C=CC1(CCl)Nc2c(Br)c(C#N)nn2-c2c(Cl)cc(C(F)(F)F)cc21. The van der Waals surface area contributed by atoms with Crippen molar-refractivity contribution in [2.75, 3.05) is 11.2 Å². The molecule has 2 aromatic rings. The third-order valence-electron chi connectivity index (χ3n) is 3.92. The maximum absolute atomic E-state index is 13.2. The molecular weight excluding hydrogens is 444 g/mol. The van der Waals surface area contributed by atoms with Crippen molar-refractivity contribution in [3.05, 3.63) is 51.1 Å². The Morgan fingerprint density at radius 3 is 2.68 bits per heavy atom. The van der Waals surface area contributed by atoms with E-state index >= 15 is 0 Å². The molecule has 0 amide bonds. The average Bonchev–Trinajstić information content (AvgIpc) is 2.88. The number of aromatic nitrogens is 2. The molecule has 1 atom stereocenters. The number of rotatable bonds is 2. The Bertz CT molecular complexity index is 932. The number of hydrogen-bond donors (Lipinski definition) is 1. The lowest BCUT2D eigenvalue weighted by atomic mass is 9.87. The maximum Gasteiger partial charge on any atom is 0.416 e. The smallest absolute Gasteiger partial charge is 0.355 e. The van der Waals surface area contributed by atoms with Crippen molar-refractivity contribution in [2.45, 2.75) is 11.7 Å². The van der Waals surface area contributed by atoms with E-state index in [0.29, 0.717) is 10.3 Å². The molecule has 25 heavy (non-hydrogen) atoms. The quantitative estimate of drug-likeness (QED) is 0.502. The minimum Gasteiger partial charge on any atom is -0.355 e. The Labute approximate surface area is 159 Å². The molecule has 0 fully saturated rings. The van der Waals surface area contributed by atoms with Gasteiger partial charge in [0.15, 0.2) is 5.69 Å². The molecule has 130 valence electrons. The zero-order chi connectivity index (χ0) is 18.6. The van der Waals surface area contributed by atoms with Gasteiger partial charge in [0.05, 0.1) is 32.2 Å². The molecule has 0 aliphatic carbocycles. The highest BCUT2D eigenvalue weighted by Gasteiger charge is 2.42. The van der Waals surface area contributed by atoms with Crippen LogP contribution < -0.4 is 5.32 Å². The molecule has 0 spiro atoms. The number of nitriles is 1. The summed E-state index contributed by atoms with van der Waals surface area (Å²) in [4.78, 5) is 0. The number of nitrogens with zero attached hydrogens (tertiary/aromatic N) is 3. The van der Waals surface area contributed by atoms with Gasteiger partial charge in [0, 0.05) is 5.56 Å². The van der Waals surface area contributed by atoms with Crippen LogP contribution in [0.3, 0.4) is 0 Å². The molecule has 0 saturated heterocycles. The minimum atomic E-state index is -4.58. The van der Waals surface area contributed by atoms with E-state index < -0.39 is 17.3 Å². The molecule has 3 rings (SSSR count). The first-order valence-corrected chi connectivity index (χ1v) is 8.47. The van der Waals surface area contributed by atoms with Crippen molar-refractivity contribution in [1.82, 2.24) is 9.78 Å². The number of hydrogen-bond acceptors (Lipinski definition) is 3. The Balaban J connectivity index is 2.42. The predicted octanol–water partition coefficient (Wildman–Crippen LogP) is 5.22. The molecule has 0 saturated carbocycles. The second-order valence-electron chi connectivity index (χ2n) is 5.32. The third kappa shape index (κ3) is 2.62. The van der Waals surface area contributed by atoms with E-state index in [0.717, 1.165) is 12.1 Å². The number of halogens is 6. The van der Waals surface area contributed by atoms with Gasteiger partial charge in [-0.25, -0.2) is 4.68 Å². The van der Waals surface area contributed by atoms with E-state index in [1.165, 1.54) is 10.8 Å². The molecular formula is C15H8BrCl2F3N4. The normalized spacial score (nSPS) is 18.8. The third-order valence-corrected chi connectivity index (χ3v) is 5.38. The summed E-state index contributed by atoms with van der Waals surface area (Å²) >= 11 is 15.5. The first kappa shape index (κ1) is 18.1. The fraction of sp³-hybridized carbons (Fsp3) is 0.200. The van der Waals surface area contributed by atoms with Gasteiger partial charge in [-0.15, -0.1) is 18.2 Å². The summed E-state index contributed by atoms with van der Waals surface area (Å²) in [5.74, 6) is 0.243. The monoisotopic (exact) mass is 450 g/mol. The van der Waals surface area contributed by atoms with Gasteiger partial charge in [0.25, 0.3) is 0 Å². The van der Waals surface area contributed by atoms with Crippen LogP contribution in [0.25, 0.3) is 5.69 Å². The van der Waals surface area contributed by atoms with Crippen LogP contribution in [0.5, 0.6) is 0 Å². The van der Waals surface area contributed by atoms with Crippen molar-refractivity contribution < 1.29 is 13.2 Å². The summed E-state index contributed by atoms with van der Waals surface area (Å²) < 4.78 is 41.3. The van der Waals surface area contributed by atoms with E-state index in [1.54, 1.807) is 0 Å². The number of nitrogens with one attached hydrogen (secondary N) is 1. The summed E-state index contributed by atoms with van der Waals surface area (Å²) in [7, 11) is 0. The van der Waals surface area contributed by atoms with Gasteiger partial charge in [-0.3, -0.25) is 0 Å². The minimum absolute atomic E-state index is 0.0545. The Hall–Kier alpha value is -1.69. The van der Waals surface area contributed by atoms with E-state index in [-0.39, 0.29) is 27.8 Å². The van der Waals surface area contributed by atoms with Crippen molar-refractivity contribution in [2.24, 2.45) is 0 Å². The Kier molecular flexibility index (Phi) is 4.30. The highest BCUT2D eigenvalue weighted by molar-refractivity contribution is 9.10. The molecule has 1 aromatic heterocycles. The van der Waals surface area contributed by atoms with Crippen molar-refractivity contribution in [3.63, 3.8) is 0 Å². The lowest BCUT2D eigenvalue weighted by Crippen LogP contribution is -2.40. The number of fused-ring (bicyclic) bond motifs is 3. The standard InChI is InChI=1S/C15H8BrCl2F3N4/c1-2-14(6-17)8-3-7(15(19,20)21)4-9(18)12(8)25-13(23-14)11(16)10(5-22)24-25/h2-4,23H,1,6H2. The molecule has 0 radical (unpaired) electrons. The average molecular weight is 452 g/mol. The van der Waals surface area contributed by atoms with Gasteiger partial charge in [-0.05, 0) is 28.1 Å². The van der Waals surface area contributed by atoms with Crippen LogP contribution in [-0.4, -0.2) is 15.7 Å². The van der Waals surface area contributed by atoms with Crippen LogP contribution >= 0.6 is 39.1 Å². The fourth-order valence-corrected chi connectivity index (χ4v) is 3.71. The summed E-state index contributed by atoms with van der Waals surface area (Å²) in [6.45, 7) is 3.70. The molecule has 0 bridgehead atoms. The maximum atomic E-state index is 13.2. The van der Waals surface area contributed by atoms with Crippen molar-refractivity contribution >= 4 is 44.9 Å². The summed E-state index contributed by atoms with van der Waals surface area (Å²) in [6, 6.07) is 3.68. The molecule has 1 N–H and O–H groups in total. The van der Waals surface area contributed by atoms with E-state index in [1.807, 2.05) is 6.07 Å². The molecule has 1 aliphatic heterocycles. The first-order chi connectivity index (χ1) is 11.7. The van der Waals surface area contributed by atoms with Gasteiger partial charge in [0.1, 0.15) is 11.9 Å². The highest BCUT2D eigenvalue weighted by atomic mass is 79.9. The van der Waals surface area contributed by atoms with E-state index in [9.17, 15) is 13.2 Å². The van der Waals surface area contributed by atoms with Crippen LogP contribution in [0, 0.1) is 11.3 Å². The van der Waals surface area contributed by atoms with Crippen molar-refractivity contribution in [3.8, 4) is 11.8 Å². The van der Waals surface area contributed by atoms with Crippen LogP contribution in [0.2, 0.25) is 5.02 Å². The van der Waals surface area contributed by atoms with Gasteiger partial charge in [0.2, 0.25) is 0 Å². The topological polar surface area (TPSA) is 53.6 Å². The largest absolute Gasteiger partial charge is 0.416 e. The molecule has 1 unspecified atom stereocenters. The second kappa shape index (κ2) is 5.94. The summed E-state index contributed by atoms with van der Waals surface area (Å²) in [5, 5.41) is 16.1. The zero-order valence-corrected chi connectivity index (χ0v) is 15.4. The second-order valence-corrected chi connectivity index (χ2v) is 6.79. The number of alkyl halides is 4. The Morgan fingerprint density at radius 1 is 1.48 bits per heavy atom. The zero-order valence-electron chi connectivity index (χ0n) is 12.3. The summed E-state index contributed by atoms with van der Waals surface area (Å²) in [5.41, 5.74) is -1.69. The number of anilines is 1. The summed E-state index contributed by atoms with van der Waals surface area (Å²) in [6.07, 6.45) is -3.18. The van der Waals surface area contributed by atoms with Crippen LogP contribution in [0.4, 0.5) is 19.0 Å². The lowest BCUT2D eigenvalue weighted by Gasteiger charge is -2.38. The van der Waals surface area contributed by atoms with Gasteiger partial charge >= 0.3 is 6.18 Å². The van der Waals surface area contributed by atoms with Crippen molar-refractivity contribution in [1.29, 1.82) is 5.26 Å². The molecule has 4 nitrogen and oxygen atoms in total. The van der Waals surface area contributed by atoms with Gasteiger partial charge in [-0.1, -0.05) is 17.7 Å². The van der Waals surface area contributed by atoms with Crippen LogP contribution in [-0.2, 0) is 11.7 Å². The predicted molar refractivity (Wildman–Crippen MR) is 92.2 cm³/mol. The first-order valence-electron chi connectivity index (χ1n) is 6.76. The molecule has 1 aliphatic rings. The molecule has 2 heterocycles.